The van der Waals surface area contributed by atoms with Crippen LogP contribution in [0.3, 0.4) is 0 Å². The Hall–Kier alpha value is -4.25. The number of methoxy groups -OCH3 is 4. The van der Waals surface area contributed by atoms with Crippen LogP contribution in [-0.4, -0.2) is 34.2 Å². The second-order valence-electron chi connectivity index (χ2n) is 7.62. The van der Waals surface area contributed by atoms with Gasteiger partial charge in [-0.2, -0.15) is 0 Å². The Morgan fingerprint density at radius 2 is 0.971 bits per heavy atom. The van der Waals surface area contributed by atoms with Crippen molar-refractivity contribution in [2.45, 2.75) is 0 Å². The smallest absolute Gasteiger partial charge is 0.193 e. The van der Waals surface area contributed by atoms with E-state index in [0.29, 0.717) is 22.6 Å². The zero-order chi connectivity index (χ0) is 24.1. The van der Waals surface area contributed by atoms with Crippen LogP contribution in [0.4, 0.5) is 0 Å². The molecule has 0 saturated heterocycles. The second kappa shape index (κ2) is 10.1. The molecule has 0 atom stereocenters. The highest BCUT2D eigenvalue weighted by Gasteiger charge is 2.17. The standard InChI is InChI=1S/C29H26O5/c1-31-23-9-5-7-19(15-23)25-17-21(11-13-27(25)33-3)29(30)22-12-14-28(34-4)26(18-22)20-8-6-10-24(16-20)32-2/h5-18H,1-4H3. The van der Waals surface area contributed by atoms with Gasteiger partial charge in [0, 0.05) is 22.3 Å². The van der Waals surface area contributed by atoms with Crippen molar-refractivity contribution in [2.24, 2.45) is 0 Å². The molecule has 0 N–H and O–H groups in total. The van der Waals surface area contributed by atoms with Crippen molar-refractivity contribution in [1.29, 1.82) is 0 Å². The van der Waals surface area contributed by atoms with Crippen molar-refractivity contribution in [3.8, 4) is 45.3 Å². The highest BCUT2D eigenvalue weighted by Crippen LogP contribution is 2.36. The molecule has 4 aromatic rings. The van der Waals surface area contributed by atoms with Crippen LogP contribution < -0.4 is 18.9 Å². The minimum absolute atomic E-state index is 0.0985. The Morgan fingerprint density at radius 1 is 0.529 bits per heavy atom. The number of ketones is 1. The highest BCUT2D eigenvalue weighted by molar-refractivity contribution is 6.10. The maximum absolute atomic E-state index is 13.5. The second-order valence-corrected chi connectivity index (χ2v) is 7.62. The first kappa shape index (κ1) is 22.9. The largest absolute Gasteiger partial charge is 0.497 e. The van der Waals surface area contributed by atoms with E-state index >= 15 is 0 Å². The Labute approximate surface area is 199 Å². The molecule has 0 aliphatic carbocycles. The fourth-order valence-electron chi connectivity index (χ4n) is 3.90. The van der Waals surface area contributed by atoms with Gasteiger partial charge in [0.25, 0.3) is 0 Å². The number of ether oxygens (including phenoxy) is 4. The summed E-state index contributed by atoms with van der Waals surface area (Å²) in [7, 11) is 6.48. The number of hydrogen-bond donors (Lipinski definition) is 0. The van der Waals surface area contributed by atoms with E-state index < -0.39 is 0 Å². The summed E-state index contributed by atoms with van der Waals surface area (Å²) in [6.45, 7) is 0. The summed E-state index contributed by atoms with van der Waals surface area (Å²) in [5.74, 6) is 2.72. The van der Waals surface area contributed by atoms with Gasteiger partial charge in [-0.15, -0.1) is 0 Å². The van der Waals surface area contributed by atoms with E-state index in [1.54, 1.807) is 40.6 Å². The van der Waals surface area contributed by atoms with Crippen molar-refractivity contribution < 1.29 is 23.7 Å². The molecule has 172 valence electrons. The lowest BCUT2D eigenvalue weighted by atomic mass is 9.94. The topological polar surface area (TPSA) is 54.0 Å². The number of benzene rings is 4. The minimum atomic E-state index is -0.0985. The molecule has 0 radical (unpaired) electrons. The van der Waals surface area contributed by atoms with Crippen LogP contribution in [-0.2, 0) is 0 Å². The molecule has 0 saturated carbocycles. The van der Waals surface area contributed by atoms with Crippen LogP contribution in [0.1, 0.15) is 15.9 Å². The summed E-state index contributed by atoms with van der Waals surface area (Å²) in [6.07, 6.45) is 0. The van der Waals surface area contributed by atoms with Crippen LogP contribution in [0.5, 0.6) is 23.0 Å². The third kappa shape index (κ3) is 4.59. The van der Waals surface area contributed by atoms with E-state index in [1.807, 2.05) is 72.8 Å². The molecule has 0 fully saturated rings. The van der Waals surface area contributed by atoms with Gasteiger partial charge in [0.05, 0.1) is 28.4 Å². The van der Waals surface area contributed by atoms with Gasteiger partial charge >= 0.3 is 0 Å². The molecule has 0 amide bonds. The molecular weight excluding hydrogens is 428 g/mol. The normalized spacial score (nSPS) is 10.5. The van der Waals surface area contributed by atoms with Gasteiger partial charge in [-0.3, -0.25) is 4.79 Å². The first-order valence-electron chi connectivity index (χ1n) is 10.8. The first-order chi connectivity index (χ1) is 16.6. The third-order valence-electron chi connectivity index (χ3n) is 5.68. The lowest BCUT2D eigenvalue weighted by Gasteiger charge is -2.14. The molecule has 0 aliphatic heterocycles. The van der Waals surface area contributed by atoms with Gasteiger partial charge < -0.3 is 18.9 Å². The van der Waals surface area contributed by atoms with Gasteiger partial charge in [0.1, 0.15) is 23.0 Å². The Balaban J connectivity index is 1.77. The van der Waals surface area contributed by atoms with Gasteiger partial charge in [-0.25, -0.2) is 0 Å². The number of carbonyl (C=O) groups is 1. The first-order valence-corrected chi connectivity index (χ1v) is 10.8. The maximum atomic E-state index is 13.5. The van der Waals surface area contributed by atoms with Crippen LogP contribution in [0.2, 0.25) is 0 Å². The molecule has 0 aromatic heterocycles. The fourth-order valence-corrected chi connectivity index (χ4v) is 3.90. The number of carbonyl (C=O) groups excluding carboxylic acids is 1. The quantitative estimate of drug-likeness (QED) is 0.293. The molecule has 0 aliphatic rings. The van der Waals surface area contributed by atoms with Gasteiger partial charge in [0.2, 0.25) is 0 Å². The molecule has 34 heavy (non-hydrogen) atoms. The van der Waals surface area contributed by atoms with Crippen molar-refractivity contribution in [3.63, 3.8) is 0 Å². The van der Waals surface area contributed by atoms with Crippen molar-refractivity contribution in [1.82, 2.24) is 0 Å². The predicted octanol–water partition coefficient (Wildman–Crippen LogP) is 6.29. The van der Waals surface area contributed by atoms with Crippen molar-refractivity contribution in [3.05, 3.63) is 96.1 Å². The van der Waals surface area contributed by atoms with Crippen LogP contribution in [0, 0.1) is 0 Å². The molecule has 5 nitrogen and oxygen atoms in total. The maximum Gasteiger partial charge on any atom is 0.193 e. The zero-order valence-corrected chi connectivity index (χ0v) is 19.6. The van der Waals surface area contributed by atoms with Gasteiger partial charge in [0.15, 0.2) is 5.78 Å². The fraction of sp³-hybridized carbons (Fsp3) is 0.138. The van der Waals surface area contributed by atoms with E-state index in [2.05, 4.69) is 0 Å². The molecule has 0 spiro atoms. The van der Waals surface area contributed by atoms with Crippen molar-refractivity contribution in [2.75, 3.05) is 28.4 Å². The number of rotatable bonds is 8. The van der Waals surface area contributed by atoms with E-state index in [9.17, 15) is 4.79 Å². The lowest BCUT2D eigenvalue weighted by molar-refractivity contribution is 0.103. The van der Waals surface area contributed by atoms with Crippen LogP contribution >= 0.6 is 0 Å². The van der Waals surface area contributed by atoms with Gasteiger partial charge in [-0.05, 0) is 71.8 Å². The summed E-state index contributed by atoms with van der Waals surface area (Å²) < 4.78 is 21.8. The summed E-state index contributed by atoms with van der Waals surface area (Å²) in [6, 6.07) is 26.2. The third-order valence-corrected chi connectivity index (χ3v) is 5.68. The zero-order valence-electron chi connectivity index (χ0n) is 19.6. The predicted molar refractivity (Wildman–Crippen MR) is 133 cm³/mol. The van der Waals surface area contributed by atoms with Crippen molar-refractivity contribution >= 4 is 5.78 Å². The summed E-state index contributed by atoms with van der Waals surface area (Å²) in [4.78, 5) is 13.5. The molecule has 4 aromatic carbocycles. The average molecular weight is 455 g/mol. The summed E-state index contributed by atoms with van der Waals surface area (Å²) in [5.41, 5.74) is 4.54. The van der Waals surface area contributed by atoms with Gasteiger partial charge in [-0.1, -0.05) is 24.3 Å². The molecule has 5 heteroatoms. The Kier molecular flexibility index (Phi) is 6.83. The molecule has 0 bridgehead atoms. The SMILES string of the molecule is COc1cccc(-c2cc(C(=O)c3ccc(OC)c(-c4cccc(OC)c4)c3)ccc2OC)c1. The van der Waals surface area contributed by atoms with E-state index in [0.717, 1.165) is 33.8 Å². The minimum Gasteiger partial charge on any atom is -0.497 e. The van der Waals surface area contributed by atoms with E-state index in [1.165, 1.54) is 0 Å². The molecule has 4 rings (SSSR count). The monoisotopic (exact) mass is 454 g/mol. The molecule has 0 heterocycles. The average Bonchev–Trinajstić information content (AvgIpc) is 2.91. The Bertz CT molecular complexity index is 1220. The van der Waals surface area contributed by atoms with Crippen LogP contribution in [0.25, 0.3) is 22.3 Å². The highest BCUT2D eigenvalue weighted by atomic mass is 16.5. The lowest BCUT2D eigenvalue weighted by Crippen LogP contribution is -2.03. The molecule has 0 unspecified atom stereocenters. The number of hydrogen-bond acceptors (Lipinski definition) is 5. The van der Waals surface area contributed by atoms with Crippen LogP contribution in [0.15, 0.2) is 84.9 Å². The summed E-state index contributed by atoms with van der Waals surface area (Å²) >= 11 is 0. The van der Waals surface area contributed by atoms with E-state index in [-0.39, 0.29) is 5.78 Å². The van der Waals surface area contributed by atoms with E-state index in [4.69, 9.17) is 18.9 Å². The molecular formula is C29H26O5. The summed E-state index contributed by atoms with van der Waals surface area (Å²) in [5, 5.41) is 0. The Morgan fingerprint density at radius 3 is 1.35 bits per heavy atom.